The molecule has 0 aliphatic carbocycles. The van der Waals surface area contributed by atoms with Crippen molar-refractivity contribution in [3.05, 3.63) is 136 Å². The standard InChI is InChI=1S/C35H28F2N2O4/c1-39-33-20-19-30(22-32(33)37)43-35(41)27-15-11-25(12-16-27)8-6-4-2-3-5-7-24-9-13-26(14-10-24)34(40)42-29-18-17-28(23-38)31(36)21-29/h9-22H,2-8H2. The number of carbonyl (C=O) groups excluding carboxylic acids is 2. The normalized spacial score (nSPS) is 10.4. The Labute approximate surface area is 248 Å². The maximum Gasteiger partial charge on any atom is 0.343 e. The second kappa shape index (κ2) is 15.0. The Bertz CT molecular complexity index is 1550. The zero-order valence-corrected chi connectivity index (χ0v) is 23.3. The van der Waals surface area contributed by atoms with Gasteiger partial charge in [-0.15, -0.1) is 0 Å². The summed E-state index contributed by atoms with van der Waals surface area (Å²) in [7, 11) is 0. The van der Waals surface area contributed by atoms with Gasteiger partial charge in [0.25, 0.3) is 0 Å². The number of hydrogen-bond acceptors (Lipinski definition) is 5. The van der Waals surface area contributed by atoms with Gasteiger partial charge < -0.3 is 9.47 Å². The molecule has 0 fully saturated rings. The molecule has 4 aromatic rings. The topological polar surface area (TPSA) is 80.8 Å². The number of nitrogens with zero attached hydrogens (tertiary/aromatic N) is 2. The molecule has 0 N–H and O–H groups in total. The number of nitriles is 1. The van der Waals surface area contributed by atoms with Crippen molar-refractivity contribution < 1.29 is 27.8 Å². The maximum absolute atomic E-state index is 13.7. The van der Waals surface area contributed by atoms with E-state index in [1.807, 2.05) is 24.3 Å². The largest absolute Gasteiger partial charge is 0.423 e. The van der Waals surface area contributed by atoms with Crippen LogP contribution in [0.5, 0.6) is 11.5 Å². The van der Waals surface area contributed by atoms with Gasteiger partial charge in [-0.05, 0) is 85.3 Å². The highest BCUT2D eigenvalue weighted by Gasteiger charge is 2.12. The summed E-state index contributed by atoms with van der Waals surface area (Å²) in [5.41, 5.74) is 2.72. The second-order valence-corrected chi connectivity index (χ2v) is 9.92. The van der Waals surface area contributed by atoms with Crippen LogP contribution in [0.1, 0.15) is 69.5 Å². The molecule has 0 bridgehead atoms. The van der Waals surface area contributed by atoms with Crippen LogP contribution < -0.4 is 9.47 Å². The third-order valence-corrected chi connectivity index (χ3v) is 6.83. The number of benzene rings is 4. The van der Waals surface area contributed by atoms with Crippen LogP contribution in [0.25, 0.3) is 4.85 Å². The molecular formula is C35H28F2N2O4. The fraction of sp³-hybridized carbons (Fsp3) is 0.200. The van der Waals surface area contributed by atoms with Gasteiger partial charge in [-0.2, -0.15) is 5.26 Å². The Kier molecular flexibility index (Phi) is 10.7. The molecule has 6 nitrogen and oxygen atoms in total. The monoisotopic (exact) mass is 578 g/mol. The third-order valence-electron chi connectivity index (χ3n) is 6.83. The summed E-state index contributed by atoms with van der Waals surface area (Å²) in [6.45, 7) is 6.88. The maximum atomic E-state index is 13.7. The smallest absolute Gasteiger partial charge is 0.343 e. The van der Waals surface area contributed by atoms with Crippen molar-refractivity contribution >= 4 is 17.6 Å². The van der Waals surface area contributed by atoms with Crippen molar-refractivity contribution in [1.29, 1.82) is 5.26 Å². The van der Waals surface area contributed by atoms with Gasteiger partial charge in [0.15, 0.2) is 0 Å². The Morgan fingerprint density at radius 1 is 0.674 bits per heavy atom. The molecule has 0 amide bonds. The van der Waals surface area contributed by atoms with E-state index in [2.05, 4.69) is 4.85 Å². The van der Waals surface area contributed by atoms with Gasteiger partial charge in [0, 0.05) is 12.1 Å². The number of carbonyl (C=O) groups is 2. The van der Waals surface area contributed by atoms with E-state index in [1.165, 1.54) is 24.3 Å². The van der Waals surface area contributed by atoms with Gasteiger partial charge in [-0.1, -0.05) is 43.5 Å². The molecule has 0 aliphatic heterocycles. The SMILES string of the molecule is [C-]#[N+]c1ccc(OC(=O)c2ccc(CCCCCCCc3ccc(C(=O)Oc4ccc(C#N)c(F)c4)cc3)cc2)cc1F. The molecule has 43 heavy (non-hydrogen) atoms. The first-order valence-electron chi connectivity index (χ1n) is 13.8. The summed E-state index contributed by atoms with van der Waals surface area (Å²) in [5, 5.41) is 8.80. The fourth-order valence-corrected chi connectivity index (χ4v) is 4.43. The van der Waals surface area contributed by atoms with Gasteiger partial charge in [0.2, 0.25) is 5.69 Å². The van der Waals surface area contributed by atoms with E-state index in [1.54, 1.807) is 30.3 Å². The molecule has 0 radical (unpaired) electrons. The van der Waals surface area contributed by atoms with E-state index >= 15 is 0 Å². The zero-order valence-electron chi connectivity index (χ0n) is 23.3. The van der Waals surface area contributed by atoms with Crippen LogP contribution in [-0.4, -0.2) is 11.9 Å². The van der Waals surface area contributed by atoms with Crippen LogP contribution in [0.15, 0.2) is 84.9 Å². The molecule has 0 aromatic heterocycles. The van der Waals surface area contributed by atoms with E-state index in [0.29, 0.717) is 11.1 Å². The first-order chi connectivity index (χ1) is 20.9. The van der Waals surface area contributed by atoms with Gasteiger partial charge in [-0.25, -0.2) is 23.2 Å². The number of hydrogen-bond donors (Lipinski definition) is 0. The molecule has 0 aliphatic rings. The number of esters is 2. The number of halogens is 2. The fourth-order valence-electron chi connectivity index (χ4n) is 4.43. The van der Waals surface area contributed by atoms with Gasteiger partial charge in [0.1, 0.15) is 29.2 Å². The highest BCUT2D eigenvalue weighted by Crippen LogP contribution is 2.24. The van der Waals surface area contributed by atoms with Crippen molar-refractivity contribution in [1.82, 2.24) is 0 Å². The molecular weight excluding hydrogens is 550 g/mol. The van der Waals surface area contributed by atoms with Crippen LogP contribution in [0.2, 0.25) is 0 Å². The zero-order chi connectivity index (χ0) is 30.6. The average molecular weight is 579 g/mol. The highest BCUT2D eigenvalue weighted by atomic mass is 19.1. The Morgan fingerprint density at radius 2 is 1.14 bits per heavy atom. The number of rotatable bonds is 12. The molecule has 0 heterocycles. The van der Waals surface area contributed by atoms with Gasteiger partial charge in [-0.3, -0.25) is 0 Å². The first-order valence-corrected chi connectivity index (χ1v) is 13.8. The van der Waals surface area contributed by atoms with Crippen molar-refractivity contribution in [2.24, 2.45) is 0 Å². The minimum atomic E-state index is -0.736. The van der Waals surface area contributed by atoms with E-state index in [-0.39, 0.29) is 22.7 Å². The Balaban J connectivity index is 1.11. The second-order valence-electron chi connectivity index (χ2n) is 9.92. The molecule has 4 rings (SSSR count). The molecule has 216 valence electrons. The van der Waals surface area contributed by atoms with Crippen LogP contribution in [0.4, 0.5) is 14.5 Å². The number of unbranched alkanes of at least 4 members (excludes halogenated alkanes) is 4. The Hall–Kier alpha value is -5.34. The van der Waals surface area contributed by atoms with Crippen molar-refractivity contribution in [3.63, 3.8) is 0 Å². The summed E-state index contributed by atoms with van der Waals surface area (Å²) in [5.74, 6) is -2.55. The van der Waals surface area contributed by atoms with Crippen LogP contribution in [-0.2, 0) is 12.8 Å². The molecule has 0 saturated heterocycles. The van der Waals surface area contributed by atoms with Gasteiger partial charge >= 0.3 is 11.9 Å². The highest BCUT2D eigenvalue weighted by molar-refractivity contribution is 5.91. The average Bonchev–Trinajstić information content (AvgIpc) is 3.01. The molecule has 4 aromatic carbocycles. The molecule has 0 unspecified atom stereocenters. The molecule has 8 heteroatoms. The lowest BCUT2D eigenvalue weighted by Gasteiger charge is -2.07. The molecule has 0 saturated carbocycles. The minimum absolute atomic E-state index is 0.0444. The summed E-state index contributed by atoms with van der Waals surface area (Å²) < 4.78 is 37.9. The Morgan fingerprint density at radius 3 is 1.58 bits per heavy atom. The summed E-state index contributed by atoms with van der Waals surface area (Å²) in [6.07, 6.45) is 7.09. The van der Waals surface area contributed by atoms with Crippen LogP contribution >= 0.6 is 0 Å². The van der Waals surface area contributed by atoms with Crippen LogP contribution in [0, 0.1) is 29.5 Å². The quantitative estimate of drug-likeness (QED) is 0.0728. The lowest BCUT2D eigenvalue weighted by Crippen LogP contribution is -2.08. The molecule has 0 spiro atoms. The van der Waals surface area contributed by atoms with Crippen LogP contribution in [0.3, 0.4) is 0 Å². The summed E-state index contributed by atoms with van der Waals surface area (Å²) in [4.78, 5) is 27.7. The van der Waals surface area contributed by atoms with Crippen molar-refractivity contribution in [2.75, 3.05) is 0 Å². The van der Waals surface area contributed by atoms with E-state index in [0.717, 1.165) is 68.2 Å². The van der Waals surface area contributed by atoms with E-state index < -0.39 is 23.6 Å². The number of ether oxygens (including phenoxy) is 2. The lowest BCUT2D eigenvalue weighted by atomic mass is 10.0. The number of aryl methyl sites for hydroxylation is 2. The first kappa shape index (κ1) is 30.6. The summed E-state index contributed by atoms with van der Waals surface area (Å²) in [6, 6.07) is 23.4. The minimum Gasteiger partial charge on any atom is -0.423 e. The van der Waals surface area contributed by atoms with Crippen molar-refractivity contribution in [2.45, 2.75) is 44.9 Å². The predicted octanol–water partition coefficient (Wildman–Crippen LogP) is 8.56. The van der Waals surface area contributed by atoms with Crippen molar-refractivity contribution in [3.8, 4) is 17.6 Å². The predicted molar refractivity (Wildman–Crippen MR) is 157 cm³/mol. The van der Waals surface area contributed by atoms with E-state index in [4.69, 9.17) is 21.3 Å². The summed E-state index contributed by atoms with van der Waals surface area (Å²) >= 11 is 0. The van der Waals surface area contributed by atoms with Gasteiger partial charge in [0.05, 0.1) is 23.3 Å². The third kappa shape index (κ3) is 8.82. The van der Waals surface area contributed by atoms with E-state index in [9.17, 15) is 18.4 Å². The lowest BCUT2D eigenvalue weighted by molar-refractivity contribution is 0.0724. The molecule has 0 atom stereocenters.